The number of hydrogen-bond donors (Lipinski definition) is 3. The molecule has 4 rings (SSSR count). The quantitative estimate of drug-likeness (QED) is 0.723. The Hall–Kier alpha value is -2.80. The van der Waals surface area contributed by atoms with Gasteiger partial charge in [0.25, 0.3) is 5.91 Å². The Labute approximate surface area is 167 Å². The Morgan fingerprint density at radius 3 is 2.41 bits per heavy atom. The molecule has 2 aliphatic rings. The SMILES string of the molecule is O=C(NC1CNCCC1c1ccc(F)c(F)c1)c1ccc(NC(=O)C2CC2)cc1. The fraction of sp³-hybridized carbons (Fsp3) is 0.364. The van der Waals surface area contributed by atoms with E-state index in [0.717, 1.165) is 25.5 Å². The zero-order chi connectivity index (χ0) is 20.4. The number of amides is 2. The fourth-order valence-corrected chi connectivity index (χ4v) is 3.70. The number of carbonyl (C=O) groups excluding carboxylic acids is 2. The highest BCUT2D eigenvalue weighted by molar-refractivity contribution is 5.97. The molecule has 2 atom stereocenters. The molecule has 2 fully saturated rings. The zero-order valence-corrected chi connectivity index (χ0v) is 15.9. The first kappa shape index (κ1) is 19.5. The topological polar surface area (TPSA) is 70.2 Å². The van der Waals surface area contributed by atoms with E-state index >= 15 is 0 Å². The van der Waals surface area contributed by atoms with E-state index < -0.39 is 11.6 Å². The van der Waals surface area contributed by atoms with Crippen molar-refractivity contribution in [1.82, 2.24) is 10.6 Å². The second-order valence-electron chi connectivity index (χ2n) is 7.69. The van der Waals surface area contributed by atoms with Crippen LogP contribution in [-0.2, 0) is 4.79 Å². The molecule has 2 amide bonds. The predicted molar refractivity (Wildman–Crippen MR) is 106 cm³/mol. The minimum atomic E-state index is -0.880. The molecular formula is C22H23F2N3O2. The molecule has 5 nitrogen and oxygen atoms in total. The maximum Gasteiger partial charge on any atom is 0.251 e. The van der Waals surface area contributed by atoms with Gasteiger partial charge in [0.15, 0.2) is 11.6 Å². The van der Waals surface area contributed by atoms with Gasteiger partial charge < -0.3 is 16.0 Å². The van der Waals surface area contributed by atoms with Crippen LogP contribution in [0.3, 0.4) is 0 Å². The third-order valence-corrected chi connectivity index (χ3v) is 5.53. The van der Waals surface area contributed by atoms with Gasteiger partial charge in [-0.3, -0.25) is 9.59 Å². The molecule has 1 heterocycles. The monoisotopic (exact) mass is 399 g/mol. The van der Waals surface area contributed by atoms with E-state index in [1.54, 1.807) is 30.3 Å². The van der Waals surface area contributed by atoms with Crippen molar-refractivity contribution in [2.24, 2.45) is 5.92 Å². The summed E-state index contributed by atoms with van der Waals surface area (Å²) in [5.41, 5.74) is 1.82. The van der Waals surface area contributed by atoms with Gasteiger partial charge in [0.2, 0.25) is 5.91 Å². The molecule has 1 aliphatic carbocycles. The van der Waals surface area contributed by atoms with E-state index in [2.05, 4.69) is 16.0 Å². The molecule has 152 valence electrons. The highest BCUT2D eigenvalue weighted by Gasteiger charge is 2.30. The van der Waals surface area contributed by atoms with Crippen molar-refractivity contribution in [3.05, 3.63) is 65.2 Å². The van der Waals surface area contributed by atoms with Gasteiger partial charge in [0, 0.05) is 35.7 Å². The summed E-state index contributed by atoms with van der Waals surface area (Å²) in [7, 11) is 0. The van der Waals surface area contributed by atoms with Crippen LogP contribution in [0.4, 0.5) is 14.5 Å². The van der Waals surface area contributed by atoms with Gasteiger partial charge in [0.1, 0.15) is 0 Å². The first-order chi connectivity index (χ1) is 14.0. The Balaban J connectivity index is 1.42. The van der Waals surface area contributed by atoms with Crippen molar-refractivity contribution in [3.8, 4) is 0 Å². The van der Waals surface area contributed by atoms with Gasteiger partial charge in [-0.2, -0.15) is 0 Å². The lowest BCUT2D eigenvalue weighted by Gasteiger charge is -2.33. The summed E-state index contributed by atoms with van der Waals surface area (Å²) < 4.78 is 26.9. The van der Waals surface area contributed by atoms with Gasteiger partial charge in [-0.1, -0.05) is 6.07 Å². The van der Waals surface area contributed by atoms with Crippen molar-refractivity contribution in [1.29, 1.82) is 0 Å². The van der Waals surface area contributed by atoms with E-state index in [9.17, 15) is 18.4 Å². The first-order valence-electron chi connectivity index (χ1n) is 9.89. The van der Waals surface area contributed by atoms with Crippen LogP contribution in [0.1, 0.15) is 41.1 Å². The predicted octanol–water partition coefficient (Wildman–Crippen LogP) is 3.19. The largest absolute Gasteiger partial charge is 0.347 e. The highest BCUT2D eigenvalue weighted by Crippen LogP contribution is 2.30. The average Bonchev–Trinajstić information content (AvgIpc) is 3.56. The number of benzene rings is 2. The molecule has 29 heavy (non-hydrogen) atoms. The van der Waals surface area contributed by atoms with E-state index in [0.29, 0.717) is 29.8 Å². The summed E-state index contributed by atoms with van der Waals surface area (Å²) in [6.45, 7) is 1.29. The van der Waals surface area contributed by atoms with Crippen molar-refractivity contribution < 1.29 is 18.4 Å². The molecule has 1 saturated heterocycles. The van der Waals surface area contributed by atoms with Crippen LogP contribution in [0, 0.1) is 17.6 Å². The van der Waals surface area contributed by atoms with Crippen molar-refractivity contribution in [3.63, 3.8) is 0 Å². The van der Waals surface area contributed by atoms with E-state index in [1.807, 2.05) is 0 Å². The number of halogens is 2. The molecule has 0 spiro atoms. The molecule has 1 aliphatic heterocycles. The molecule has 2 aromatic carbocycles. The Morgan fingerprint density at radius 1 is 0.966 bits per heavy atom. The molecule has 0 radical (unpaired) electrons. The molecule has 1 saturated carbocycles. The first-order valence-corrected chi connectivity index (χ1v) is 9.89. The van der Waals surface area contributed by atoms with Crippen LogP contribution in [0.15, 0.2) is 42.5 Å². The summed E-state index contributed by atoms with van der Waals surface area (Å²) >= 11 is 0. The van der Waals surface area contributed by atoms with E-state index in [4.69, 9.17) is 0 Å². The minimum Gasteiger partial charge on any atom is -0.347 e. The molecule has 0 aromatic heterocycles. The lowest BCUT2D eigenvalue weighted by Crippen LogP contribution is -2.50. The number of piperidine rings is 1. The minimum absolute atomic E-state index is 0.0184. The van der Waals surface area contributed by atoms with Gasteiger partial charge in [-0.05, 0) is 67.8 Å². The number of carbonyl (C=O) groups is 2. The van der Waals surface area contributed by atoms with Crippen LogP contribution in [0.5, 0.6) is 0 Å². The van der Waals surface area contributed by atoms with Crippen molar-refractivity contribution in [2.75, 3.05) is 18.4 Å². The van der Waals surface area contributed by atoms with Crippen molar-refractivity contribution >= 4 is 17.5 Å². The molecule has 7 heteroatoms. The number of nitrogens with one attached hydrogen (secondary N) is 3. The maximum atomic E-state index is 13.7. The summed E-state index contributed by atoms with van der Waals surface area (Å²) in [6, 6.07) is 10.4. The Bertz CT molecular complexity index is 913. The highest BCUT2D eigenvalue weighted by atomic mass is 19.2. The van der Waals surface area contributed by atoms with Crippen LogP contribution in [0.2, 0.25) is 0 Å². The molecule has 0 bridgehead atoms. The summed E-state index contributed by atoms with van der Waals surface area (Å²) in [6.07, 6.45) is 2.57. The third kappa shape index (κ3) is 4.62. The molecule has 2 unspecified atom stereocenters. The summed E-state index contributed by atoms with van der Waals surface area (Å²) in [5, 5.41) is 9.08. The normalized spacial score (nSPS) is 21.4. The van der Waals surface area contributed by atoms with Crippen LogP contribution in [-0.4, -0.2) is 30.9 Å². The average molecular weight is 399 g/mol. The number of rotatable bonds is 5. The van der Waals surface area contributed by atoms with E-state index in [1.165, 1.54) is 6.07 Å². The molecular weight excluding hydrogens is 376 g/mol. The lowest BCUT2D eigenvalue weighted by atomic mass is 9.85. The van der Waals surface area contributed by atoms with Gasteiger partial charge in [-0.15, -0.1) is 0 Å². The summed E-state index contributed by atoms with van der Waals surface area (Å²) in [5.74, 6) is -1.97. The van der Waals surface area contributed by atoms with Crippen molar-refractivity contribution in [2.45, 2.75) is 31.2 Å². The fourth-order valence-electron chi connectivity index (χ4n) is 3.70. The number of anilines is 1. The van der Waals surface area contributed by atoms with Gasteiger partial charge >= 0.3 is 0 Å². The Morgan fingerprint density at radius 2 is 1.72 bits per heavy atom. The maximum absolute atomic E-state index is 13.7. The number of hydrogen-bond acceptors (Lipinski definition) is 3. The van der Waals surface area contributed by atoms with Gasteiger partial charge in [0.05, 0.1) is 0 Å². The van der Waals surface area contributed by atoms with Gasteiger partial charge in [-0.25, -0.2) is 8.78 Å². The lowest BCUT2D eigenvalue weighted by molar-refractivity contribution is -0.117. The molecule has 2 aromatic rings. The van der Waals surface area contributed by atoms with Crippen LogP contribution < -0.4 is 16.0 Å². The van der Waals surface area contributed by atoms with E-state index in [-0.39, 0.29) is 29.7 Å². The van der Waals surface area contributed by atoms with Crippen LogP contribution >= 0.6 is 0 Å². The third-order valence-electron chi connectivity index (χ3n) is 5.53. The standard InChI is InChI=1S/C22H23F2N3O2/c23-18-8-5-15(11-19(18)24)17-9-10-25-12-20(17)27-22(29)14-3-6-16(7-4-14)26-21(28)13-1-2-13/h3-8,11,13,17,20,25H,1-2,9-10,12H2,(H,26,28)(H,27,29). The molecule has 3 N–H and O–H groups in total. The summed E-state index contributed by atoms with van der Waals surface area (Å²) in [4.78, 5) is 24.5. The van der Waals surface area contributed by atoms with Crippen LogP contribution in [0.25, 0.3) is 0 Å². The smallest absolute Gasteiger partial charge is 0.251 e. The zero-order valence-electron chi connectivity index (χ0n) is 15.9. The second kappa shape index (κ2) is 8.29. The second-order valence-corrected chi connectivity index (χ2v) is 7.69. The Kier molecular flexibility index (Phi) is 5.58.